The van der Waals surface area contributed by atoms with Crippen molar-refractivity contribution in [3.8, 4) is 0 Å². The van der Waals surface area contributed by atoms with Gasteiger partial charge in [0.1, 0.15) is 0 Å². The highest BCUT2D eigenvalue weighted by Gasteiger charge is 2.33. The van der Waals surface area contributed by atoms with Crippen LogP contribution in [0.15, 0.2) is 22.7 Å². The monoisotopic (exact) mass is 458 g/mol. The predicted octanol–water partition coefficient (Wildman–Crippen LogP) is 1.70. The zero-order valence-electron chi connectivity index (χ0n) is 9.84. The van der Waals surface area contributed by atoms with Crippen molar-refractivity contribution in [2.75, 3.05) is 17.2 Å². The Morgan fingerprint density at radius 3 is 2.74 bits per heavy atom. The summed E-state index contributed by atoms with van der Waals surface area (Å²) in [5.74, 6) is -0.471. The topological polar surface area (TPSA) is 80.5 Å². The van der Waals surface area contributed by atoms with Crippen molar-refractivity contribution in [1.29, 1.82) is 0 Å². The van der Waals surface area contributed by atoms with E-state index >= 15 is 0 Å². The third-order valence-electron chi connectivity index (χ3n) is 2.87. The predicted molar refractivity (Wildman–Crippen MR) is 85.3 cm³/mol. The molecule has 0 aromatic heterocycles. The molecule has 1 unspecified atom stereocenters. The van der Waals surface area contributed by atoms with Gasteiger partial charge in [-0.1, -0.05) is 0 Å². The standard InChI is InChI=1S/C11H12BrIN2O3S/c12-9-4-8(13)1-2-10(9)15-5-7(3-11(15)16)6-19(14,17)18/h1-2,4,7H,3,5-6H2,(H2,14,17,18). The highest BCUT2D eigenvalue weighted by molar-refractivity contribution is 14.1. The fourth-order valence-corrected chi connectivity index (χ4v) is 4.55. The molecule has 19 heavy (non-hydrogen) atoms. The second kappa shape index (κ2) is 5.66. The van der Waals surface area contributed by atoms with Crippen molar-refractivity contribution in [2.45, 2.75) is 6.42 Å². The van der Waals surface area contributed by atoms with E-state index < -0.39 is 10.0 Å². The minimum atomic E-state index is -3.55. The first-order valence-corrected chi connectivity index (χ1v) is 9.11. The van der Waals surface area contributed by atoms with Gasteiger partial charge in [-0.3, -0.25) is 4.79 Å². The lowest BCUT2D eigenvalue weighted by Crippen LogP contribution is -2.27. The van der Waals surface area contributed by atoms with Crippen LogP contribution in [0.25, 0.3) is 0 Å². The molecule has 0 aliphatic carbocycles. The first-order chi connectivity index (χ1) is 8.76. The Labute approximate surface area is 133 Å². The molecular weight excluding hydrogens is 447 g/mol. The van der Waals surface area contributed by atoms with Gasteiger partial charge in [-0.05, 0) is 56.7 Å². The number of sulfonamides is 1. The van der Waals surface area contributed by atoms with E-state index in [0.717, 1.165) is 13.7 Å². The molecule has 0 bridgehead atoms. The van der Waals surface area contributed by atoms with Gasteiger partial charge in [0, 0.05) is 26.9 Å². The maximum Gasteiger partial charge on any atom is 0.227 e. The number of carbonyl (C=O) groups is 1. The van der Waals surface area contributed by atoms with E-state index in [9.17, 15) is 13.2 Å². The molecule has 5 nitrogen and oxygen atoms in total. The average molecular weight is 459 g/mol. The van der Waals surface area contributed by atoms with Crippen LogP contribution in [0.1, 0.15) is 6.42 Å². The number of amides is 1. The lowest BCUT2D eigenvalue weighted by Gasteiger charge is -2.18. The van der Waals surface area contributed by atoms with Crippen LogP contribution in [0.3, 0.4) is 0 Å². The Bertz CT molecular complexity index is 620. The fraction of sp³-hybridized carbons (Fsp3) is 0.364. The number of primary sulfonamides is 1. The van der Waals surface area contributed by atoms with E-state index in [-0.39, 0.29) is 24.0 Å². The molecule has 8 heteroatoms. The second-order valence-electron chi connectivity index (χ2n) is 4.50. The van der Waals surface area contributed by atoms with Crippen molar-refractivity contribution in [2.24, 2.45) is 11.1 Å². The Balaban J connectivity index is 2.20. The molecule has 0 radical (unpaired) electrons. The summed E-state index contributed by atoms with van der Waals surface area (Å²) in [5.41, 5.74) is 0.766. The van der Waals surface area contributed by atoms with Gasteiger partial charge in [0.2, 0.25) is 15.9 Å². The van der Waals surface area contributed by atoms with Crippen LogP contribution in [0, 0.1) is 9.49 Å². The molecule has 1 fully saturated rings. The Hall–Kier alpha value is -0.190. The lowest BCUT2D eigenvalue weighted by molar-refractivity contribution is -0.117. The third-order valence-corrected chi connectivity index (χ3v) is 5.12. The van der Waals surface area contributed by atoms with E-state index in [1.54, 1.807) is 4.90 Å². The quantitative estimate of drug-likeness (QED) is 0.700. The van der Waals surface area contributed by atoms with Gasteiger partial charge >= 0.3 is 0 Å². The largest absolute Gasteiger partial charge is 0.311 e. The molecule has 1 aromatic rings. The summed E-state index contributed by atoms with van der Waals surface area (Å²) < 4.78 is 24.1. The summed E-state index contributed by atoms with van der Waals surface area (Å²) in [5, 5.41) is 5.03. The maximum absolute atomic E-state index is 12.0. The minimum absolute atomic E-state index is 0.0736. The van der Waals surface area contributed by atoms with Gasteiger partial charge < -0.3 is 4.90 Å². The van der Waals surface area contributed by atoms with Gasteiger partial charge in [0.25, 0.3) is 0 Å². The van der Waals surface area contributed by atoms with Crippen molar-refractivity contribution < 1.29 is 13.2 Å². The van der Waals surface area contributed by atoms with E-state index in [4.69, 9.17) is 5.14 Å². The zero-order chi connectivity index (χ0) is 14.2. The van der Waals surface area contributed by atoms with Gasteiger partial charge in [0.05, 0.1) is 11.4 Å². The van der Waals surface area contributed by atoms with Gasteiger partial charge in [-0.25, -0.2) is 13.6 Å². The SMILES string of the molecule is NS(=O)(=O)CC1CC(=O)N(c2ccc(I)cc2Br)C1. The second-order valence-corrected chi connectivity index (χ2v) is 8.26. The van der Waals surface area contributed by atoms with Crippen LogP contribution in [0.4, 0.5) is 5.69 Å². The smallest absolute Gasteiger partial charge is 0.227 e. The molecule has 1 saturated heterocycles. The first kappa shape index (κ1) is 15.2. The maximum atomic E-state index is 12.0. The Morgan fingerprint density at radius 2 is 2.16 bits per heavy atom. The van der Waals surface area contributed by atoms with Gasteiger partial charge in [-0.15, -0.1) is 0 Å². The molecule has 1 aliphatic rings. The molecule has 0 spiro atoms. The minimum Gasteiger partial charge on any atom is -0.311 e. The Kier molecular flexibility index (Phi) is 4.53. The Morgan fingerprint density at radius 1 is 1.47 bits per heavy atom. The molecule has 1 heterocycles. The molecule has 1 aliphatic heterocycles. The first-order valence-electron chi connectivity index (χ1n) is 5.52. The summed E-state index contributed by atoms with van der Waals surface area (Å²) in [6.07, 6.45) is 0.217. The van der Waals surface area contributed by atoms with Gasteiger partial charge in [0.15, 0.2) is 0 Å². The summed E-state index contributed by atoms with van der Waals surface area (Å²) in [6, 6.07) is 5.67. The number of halogens is 2. The summed E-state index contributed by atoms with van der Waals surface area (Å²) in [7, 11) is -3.55. The van der Waals surface area contributed by atoms with Crippen LogP contribution >= 0.6 is 38.5 Å². The van der Waals surface area contributed by atoms with E-state index in [1.807, 2.05) is 18.2 Å². The van der Waals surface area contributed by atoms with Crippen LogP contribution in [-0.4, -0.2) is 26.6 Å². The fourth-order valence-electron chi connectivity index (χ4n) is 2.15. The molecule has 0 saturated carbocycles. The van der Waals surface area contributed by atoms with Crippen LogP contribution in [-0.2, 0) is 14.8 Å². The number of nitrogens with zero attached hydrogens (tertiary/aromatic N) is 1. The normalized spacial score (nSPS) is 20.1. The summed E-state index contributed by atoms with van der Waals surface area (Å²) in [4.78, 5) is 13.6. The van der Waals surface area contributed by atoms with Crippen molar-refractivity contribution in [1.82, 2.24) is 0 Å². The van der Waals surface area contributed by atoms with Crippen molar-refractivity contribution >= 4 is 60.1 Å². The molecular formula is C11H12BrIN2O3S. The molecule has 2 N–H and O–H groups in total. The molecule has 1 amide bonds. The zero-order valence-corrected chi connectivity index (χ0v) is 14.4. The third kappa shape index (κ3) is 3.89. The summed E-state index contributed by atoms with van der Waals surface area (Å²) >= 11 is 5.61. The number of hydrogen-bond acceptors (Lipinski definition) is 3. The van der Waals surface area contributed by atoms with Crippen molar-refractivity contribution in [3.63, 3.8) is 0 Å². The number of hydrogen-bond donors (Lipinski definition) is 1. The van der Waals surface area contributed by atoms with E-state index in [1.165, 1.54) is 0 Å². The van der Waals surface area contributed by atoms with Gasteiger partial charge in [-0.2, -0.15) is 0 Å². The van der Waals surface area contributed by atoms with Crippen LogP contribution in [0.5, 0.6) is 0 Å². The number of anilines is 1. The number of nitrogens with two attached hydrogens (primary N) is 1. The molecule has 1 aromatic carbocycles. The highest BCUT2D eigenvalue weighted by atomic mass is 127. The lowest BCUT2D eigenvalue weighted by atomic mass is 10.1. The van der Waals surface area contributed by atoms with E-state index in [0.29, 0.717) is 6.54 Å². The average Bonchev–Trinajstić information content (AvgIpc) is 2.56. The van der Waals surface area contributed by atoms with E-state index in [2.05, 4.69) is 38.5 Å². The number of carbonyl (C=O) groups excluding carboxylic acids is 1. The molecule has 104 valence electrons. The molecule has 2 rings (SSSR count). The number of rotatable bonds is 3. The summed E-state index contributed by atoms with van der Waals surface area (Å²) in [6.45, 7) is 0.383. The van der Waals surface area contributed by atoms with Crippen LogP contribution < -0.4 is 10.0 Å². The molecule has 1 atom stereocenters. The van der Waals surface area contributed by atoms with Crippen molar-refractivity contribution in [3.05, 3.63) is 26.2 Å². The highest BCUT2D eigenvalue weighted by Crippen LogP contribution is 2.32. The number of benzene rings is 1. The van der Waals surface area contributed by atoms with Crippen LogP contribution in [0.2, 0.25) is 0 Å².